The highest BCUT2D eigenvalue weighted by molar-refractivity contribution is 4.42. The fraction of sp³-hybridized carbons (Fsp3) is 1.00. The summed E-state index contributed by atoms with van der Waals surface area (Å²) in [5, 5.41) is 3.12. The lowest BCUT2D eigenvalue weighted by Gasteiger charge is -2.04. The fourth-order valence-electron chi connectivity index (χ4n) is 1.12. The van der Waals surface area contributed by atoms with Gasteiger partial charge >= 0.3 is 0 Å². The van der Waals surface area contributed by atoms with Crippen molar-refractivity contribution in [2.45, 2.75) is 32.6 Å². The van der Waals surface area contributed by atoms with Gasteiger partial charge in [0.25, 0.3) is 0 Å². The summed E-state index contributed by atoms with van der Waals surface area (Å²) < 4.78 is 10.8. The first-order chi connectivity index (χ1) is 6.91. The van der Waals surface area contributed by atoms with Gasteiger partial charge in [-0.15, -0.1) is 0 Å². The third kappa shape index (κ3) is 11.9. The molecule has 0 rings (SSSR count). The molecule has 1 N–H and O–H groups in total. The summed E-state index contributed by atoms with van der Waals surface area (Å²) in [6.45, 7) is 6.65. The lowest BCUT2D eigenvalue weighted by Crippen LogP contribution is -2.09. The number of rotatable bonds is 11. The van der Waals surface area contributed by atoms with Gasteiger partial charge < -0.3 is 14.8 Å². The van der Waals surface area contributed by atoms with Gasteiger partial charge in [-0.1, -0.05) is 6.92 Å². The number of hydrogen-bond acceptors (Lipinski definition) is 3. The number of hydrogen-bond donors (Lipinski definition) is 1. The van der Waals surface area contributed by atoms with Crippen LogP contribution in [0.25, 0.3) is 0 Å². The maximum atomic E-state index is 5.45. The molecule has 0 aromatic heterocycles. The van der Waals surface area contributed by atoms with E-state index in [1.165, 1.54) is 6.42 Å². The van der Waals surface area contributed by atoms with Crippen molar-refractivity contribution in [1.29, 1.82) is 0 Å². The van der Waals surface area contributed by atoms with E-state index in [1.54, 1.807) is 0 Å². The summed E-state index contributed by atoms with van der Waals surface area (Å²) in [5.74, 6) is 0. The van der Waals surface area contributed by atoms with Crippen molar-refractivity contribution in [1.82, 2.24) is 5.32 Å². The van der Waals surface area contributed by atoms with Crippen LogP contribution < -0.4 is 5.32 Å². The van der Waals surface area contributed by atoms with Crippen molar-refractivity contribution in [2.24, 2.45) is 0 Å². The molecule has 0 saturated heterocycles. The Morgan fingerprint density at radius 2 is 1.50 bits per heavy atom. The van der Waals surface area contributed by atoms with Gasteiger partial charge in [0.05, 0.1) is 0 Å². The monoisotopic (exact) mass is 203 g/mol. The molecule has 0 aliphatic carbocycles. The van der Waals surface area contributed by atoms with Crippen molar-refractivity contribution >= 4 is 0 Å². The van der Waals surface area contributed by atoms with E-state index in [0.29, 0.717) is 0 Å². The lowest BCUT2D eigenvalue weighted by molar-refractivity contribution is 0.0815. The molecule has 0 amide bonds. The first-order valence-corrected chi connectivity index (χ1v) is 5.72. The van der Waals surface area contributed by atoms with Crippen molar-refractivity contribution < 1.29 is 9.47 Å². The first-order valence-electron chi connectivity index (χ1n) is 5.72. The van der Waals surface area contributed by atoms with Crippen LogP contribution in [0.1, 0.15) is 32.6 Å². The molecule has 14 heavy (non-hydrogen) atoms. The quantitative estimate of drug-likeness (QED) is 0.520. The molecule has 0 aliphatic heterocycles. The first kappa shape index (κ1) is 13.9. The predicted molar refractivity (Wildman–Crippen MR) is 59.7 cm³/mol. The summed E-state index contributed by atoms with van der Waals surface area (Å²) in [7, 11) is 1.98. The van der Waals surface area contributed by atoms with E-state index >= 15 is 0 Å². The molecule has 0 heterocycles. The normalized spacial score (nSPS) is 10.7. The van der Waals surface area contributed by atoms with Crippen LogP contribution in [0.3, 0.4) is 0 Å². The topological polar surface area (TPSA) is 30.5 Å². The highest BCUT2D eigenvalue weighted by Gasteiger charge is 1.90. The Morgan fingerprint density at radius 3 is 2.14 bits per heavy atom. The van der Waals surface area contributed by atoms with Gasteiger partial charge in [-0.3, -0.25) is 0 Å². The van der Waals surface area contributed by atoms with Crippen LogP contribution in [0.4, 0.5) is 0 Å². The average molecular weight is 203 g/mol. The molecule has 3 heteroatoms. The van der Waals surface area contributed by atoms with Crippen LogP contribution >= 0.6 is 0 Å². The minimum atomic E-state index is 0.837. The Kier molecular flexibility index (Phi) is 12.8. The van der Waals surface area contributed by atoms with Gasteiger partial charge in [-0.2, -0.15) is 0 Å². The second-order valence-electron chi connectivity index (χ2n) is 3.39. The van der Waals surface area contributed by atoms with Crippen molar-refractivity contribution in [3.8, 4) is 0 Å². The molecule has 0 atom stereocenters. The van der Waals surface area contributed by atoms with Crippen LogP contribution in [0.15, 0.2) is 0 Å². The molecule has 0 fully saturated rings. The molecule has 0 unspecified atom stereocenters. The van der Waals surface area contributed by atoms with Gasteiger partial charge in [-0.05, 0) is 39.3 Å². The predicted octanol–water partition coefficient (Wildman–Crippen LogP) is 1.82. The summed E-state index contributed by atoms with van der Waals surface area (Å²) in [6.07, 6.45) is 4.47. The molecule has 0 bridgehead atoms. The largest absolute Gasteiger partial charge is 0.381 e. The minimum Gasteiger partial charge on any atom is -0.381 e. The average Bonchev–Trinajstić information content (AvgIpc) is 2.21. The fourth-order valence-corrected chi connectivity index (χ4v) is 1.12. The van der Waals surface area contributed by atoms with Crippen LogP contribution in [-0.4, -0.2) is 40.0 Å². The summed E-state index contributed by atoms with van der Waals surface area (Å²) in [4.78, 5) is 0. The van der Waals surface area contributed by atoms with Crippen molar-refractivity contribution in [3.05, 3.63) is 0 Å². The van der Waals surface area contributed by atoms with E-state index in [-0.39, 0.29) is 0 Å². The van der Waals surface area contributed by atoms with Crippen LogP contribution in [-0.2, 0) is 9.47 Å². The van der Waals surface area contributed by atoms with E-state index in [9.17, 15) is 0 Å². The summed E-state index contributed by atoms with van der Waals surface area (Å²) >= 11 is 0. The van der Waals surface area contributed by atoms with E-state index < -0.39 is 0 Å². The molecule has 0 spiro atoms. The molecule has 0 saturated carbocycles. The molecule has 0 aromatic carbocycles. The van der Waals surface area contributed by atoms with Gasteiger partial charge in [0.15, 0.2) is 0 Å². The van der Waals surface area contributed by atoms with Crippen LogP contribution in [0.5, 0.6) is 0 Å². The zero-order chi connectivity index (χ0) is 10.5. The zero-order valence-corrected chi connectivity index (χ0v) is 9.68. The second-order valence-corrected chi connectivity index (χ2v) is 3.39. The van der Waals surface area contributed by atoms with Gasteiger partial charge in [0.2, 0.25) is 0 Å². The van der Waals surface area contributed by atoms with Gasteiger partial charge in [0.1, 0.15) is 0 Å². The molecular weight excluding hydrogens is 178 g/mol. The Morgan fingerprint density at radius 1 is 0.857 bits per heavy atom. The Hall–Kier alpha value is -0.120. The van der Waals surface area contributed by atoms with E-state index in [2.05, 4.69) is 12.2 Å². The second kappa shape index (κ2) is 12.9. The van der Waals surface area contributed by atoms with Gasteiger partial charge in [0, 0.05) is 26.4 Å². The SMILES string of the molecule is CCCOCCCOCCCCNC. The number of nitrogens with one attached hydrogen (secondary N) is 1. The number of unbranched alkanes of at least 4 members (excludes halogenated alkanes) is 1. The van der Waals surface area contributed by atoms with Crippen molar-refractivity contribution in [2.75, 3.05) is 40.0 Å². The molecule has 86 valence electrons. The third-order valence-electron chi connectivity index (χ3n) is 1.89. The molecule has 3 nitrogen and oxygen atoms in total. The van der Waals surface area contributed by atoms with E-state index in [4.69, 9.17) is 9.47 Å². The van der Waals surface area contributed by atoms with Crippen LogP contribution in [0.2, 0.25) is 0 Å². The smallest absolute Gasteiger partial charge is 0.0487 e. The van der Waals surface area contributed by atoms with Crippen molar-refractivity contribution in [3.63, 3.8) is 0 Å². The minimum absolute atomic E-state index is 0.837. The molecule has 0 radical (unpaired) electrons. The van der Waals surface area contributed by atoms with Crippen LogP contribution in [0, 0.1) is 0 Å². The van der Waals surface area contributed by atoms with E-state index in [0.717, 1.165) is 52.2 Å². The highest BCUT2D eigenvalue weighted by Crippen LogP contribution is 1.91. The van der Waals surface area contributed by atoms with Gasteiger partial charge in [-0.25, -0.2) is 0 Å². The zero-order valence-electron chi connectivity index (χ0n) is 9.68. The summed E-state index contributed by atoms with van der Waals surface area (Å²) in [5.41, 5.74) is 0. The third-order valence-corrected chi connectivity index (χ3v) is 1.89. The maximum Gasteiger partial charge on any atom is 0.0487 e. The lowest BCUT2D eigenvalue weighted by atomic mass is 10.3. The Balaban J connectivity index is 2.78. The standard InChI is InChI=1S/C11H25NO2/c1-3-8-13-10-6-11-14-9-5-4-7-12-2/h12H,3-11H2,1-2H3. The highest BCUT2D eigenvalue weighted by atomic mass is 16.5. The number of ether oxygens (including phenoxy) is 2. The molecule has 0 aliphatic rings. The van der Waals surface area contributed by atoms with E-state index in [1.807, 2.05) is 7.05 Å². The molecular formula is C11H25NO2. The summed E-state index contributed by atoms with van der Waals surface area (Å²) in [6, 6.07) is 0. The maximum absolute atomic E-state index is 5.45. The Bertz CT molecular complexity index is 87.3. The Labute approximate surface area is 88.2 Å². The molecule has 0 aromatic rings.